The van der Waals surface area contributed by atoms with E-state index in [1.807, 2.05) is 30.4 Å². The molecule has 2 aliphatic carbocycles. The number of carboxylic acids is 1. The highest BCUT2D eigenvalue weighted by atomic mass is 32.1. The Hall–Kier alpha value is -3.13. The molecule has 2 N–H and O–H groups in total. The number of rotatable bonds is 4. The van der Waals surface area contributed by atoms with Crippen LogP contribution in [-0.4, -0.2) is 31.9 Å². The highest BCUT2D eigenvalue weighted by Crippen LogP contribution is 2.48. The minimum atomic E-state index is -0.906. The fourth-order valence-electron chi connectivity index (χ4n) is 4.31. The smallest absolute Gasteiger partial charge is 0.307 e. The highest BCUT2D eigenvalue weighted by molar-refractivity contribution is 7.22. The van der Waals surface area contributed by atoms with E-state index in [2.05, 4.69) is 20.3 Å². The maximum atomic E-state index is 12.8. The first-order valence-electron chi connectivity index (χ1n) is 8.98. The number of carbonyl (C=O) groups is 2. The zero-order valence-electron chi connectivity index (χ0n) is 14.6. The summed E-state index contributed by atoms with van der Waals surface area (Å²) in [5.41, 5.74) is 2.66. The zero-order chi connectivity index (χ0) is 19.3. The summed E-state index contributed by atoms with van der Waals surface area (Å²) >= 11 is 1.37. The van der Waals surface area contributed by atoms with Crippen molar-refractivity contribution in [2.24, 2.45) is 23.7 Å². The van der Waals surface area contributed by atoms with E-state index >= 15 is 0 Å². The van der Waals surface area contributed by atoms with Gasteiger partial charge in [0.1, 0.15) is 6.33 Å². The first-order chi connectivity index (χ1) is 13.6. The maximum Gasteiger partial charge on any atom is 0.307 e. The third kappa shape index (κ3) is 2.77. The third-order valence-electron chi connectivity index (χ3n) is 5.56. The molecular weight excluding hydrogens is 376 g/mol. The first kappa shape index (κ1) is 17.0. The van der Waals surface area contributed by atoms with Gasteiger partial charge in [0.2, 0.25) is 5.91 Å². The molecule has 0 saturated heterocycles. The lowest BCUT2D eigenvalue weighted by Crippen LogP contribution is -2.36. The maximum absolute atomic E-state index is 12.8. The van der Waals surface area contributed by atoms with Gasteiger partial charge < -0.3 is 10.4 Å². The number of benzene rings is 1. The van der Waals surface area contributed by atoms with E-state index in [0.29, 0.717) is 5.13 Å². The second-order valence-corrected chi connectivity index (χ2v) is 8.19. The highest BCUT2D eigenvalue weighted by Gasteiger charge is 2.51. The monoisotopic (exact) mass is 392 g/mol. The number of aromatic nitrogens is 3. The van der Waals surface area contributed by atoms with E-state index in [1.165, 1.54) is 17.7 Å². The first-order valence-corrected chi connectivity index (χ1v) is 9.80. The van der Waals surface area contributed by atoms with Gasteiger partial charge in [0.25, 0.3) is 0 Å². The minimum absolute atomic E-state index is 0.00911. The Kier molecular flexibility index (Phi) is 3.94. The molecule has 4 unspecified atom stereocenters. The van der Waals surface area contributed by atoms with Gasteiger partial charge in [-0.15, -0.1) is 0 Å². The number of anilines is 1. The minimum Gasteiger partial charge on any atom is -0.481 e. The van der Waals surface area contributed by atoms with Crippen LogP contribution in [-0.2, 0) is 9.59 Å². The van der Waals surface area contributed by atoms with Gasteiger partial charge in [0.05, 0.1) is 22.1 Å². The van der Waals surface area contributed by atoms with Crippen molar-refractivity contribution in [1.82, 2.24) is 15.0 Å². The Morgan fingerprint density at radius 2 is 1.82 bits per heavy atom. The number of fused-ring (bicyclic) bond motifs is 3. The number of amides is 1. The third-order valence-corrected chi connectivity index (χ3v) is 6.49. The molecule has 0 radical (unpaired) electrons. The molecule has 28 heavy (non-hydrogen) atoms. The van der Waals surface area contributed by atoms with Gasteiger partial charge in [-0.05, 0) is 36.0 Å². The van der Waals surface area contributed by atoms with Crippen LogP contribution in [0.1, 0.15) is 6.42 Å². The Labute approximate surface area is 164 Å². The second-order valence-electron chi connectivity index (χ2n) is 7.16. The van der Waals surface area contributed by atoms with E-state index < -0.39 is 17.8 Å². The van der Waals surface area contributed by atoms with Gasteiger partial charge in [0.15, 0.2) is 5.13 Å². The van der Waals surface area contributed by atoms with Gasteiger partial charge in [-0.3, -0.25) is 9.59 Å². The number of carboxylic acid groups (broad SMARTS) is 1. The van der Waals surface area contributed by atoms with Crippen molar-refractivity contribution in [3.05, 3.63) is 49.1 Å². The average molecular weight is 392 g/mol. The molecule has 1 amide bonds. The molecule has 1 aromatic carbocycles. The fraction of sp³-hybridized carbons (Fsp3) is 0.250. The Morgan fingerprint density at radius 1 is 1.07 bits per heavy atom. The molecule has 140 valence electrons. The normalized spacial score (nSPS) is 25.3. The van der Waals surface area contributed by atoms with Crippen LogP contribution in [0.15, 0.2) is 49.1 Å². The predicted octanol–water partition coefficient (Wildman–Crippen LogP) is 3.21. The second kappa shape index (κ2) is 6.49. The summed E-state index contributed by atoms with van der Waals surface area (Å²) in [4.78, 5) is 37.0. The zero-order valence-corrected chi connectivity index (χ0v) is 15.5. The largest absolute Gasteiger partial charge is 0.481 e. The van der Waals surface area contributed by atoms with E-state index in [4.69, 9.17) is 0 Å². The lowest BCUT2D eigenvalue weighted by Gasteiger charge is -2.23. The number of nitrogens with one attached hydrogen (secondary N) is 1. The number of aliphatic carboxylic acids is 1. The van der Waals surface area contributed by atoms with E-state index in [9.17, 15) is 14.7 Å². The number of hydrogen-bond acceptors (Lipinski definition) is 6. The van der Waals surface area contributed by atoms with Crippen molar-refractivity contribution >= 4 is 38.6 Å². The summed E-state index contributed by atoms with van der Waals surface area (Å²) in [5, 5.41) is 12.9. The van der Waals surface area contributed by atoms with Crippen LogP contribution in [0, 0.1) is 23.7 Å². The van der Waals surface area contributed by atoms with Gasteiger partial charge in [0, 0.05) is 18.0 Å². The molecule has 1 saturated carbocycles. The topological polar surface area (TPSA) is 105 Å². The molecule has 8 heteroatoms. The number of thiazole rings is 1. The van der Waals surface area contributed by atoms with E-state index in [-0.39, 0.29) is 17.7 Å². The molecular formula is C20H16N4O3S. The van der Waals surface area contributed by atoms with Crippen LogP contribution in [0.25, 0.3) is 21.3 Å². The van der Waals surface area contributed by atoms with E-state index in [1.54, 1.807) is 12.4 Å². The molecule has 7 nitrogen and oxygen atoms in total. The molecule has 1 fully saturated rings. The molecule has 2 heterocycles. The van der Waals surface area contributed by atoms with Crippen LogP contribution in [0.3, 0.4) is 0 Å². The Bertz CT molecular complexity index is 1110. The van der Waals surface area contributed by atoms with Gasteiger partial charge in [-0.25, -0.2) is 15.0 Å². The van der Waals surface area contributed by atoms with Crippen molar-refractivity contribution in [2.75, 3.05) is 5.32 Å². The Balaban J connectivity index is 1.40. The molecule has 0 aliphatic heterocycles. The van der Waals surface area contributed by atoms with Gasteiger partial charge in [-0.1, -0.05) is 29.6 Å². The van der Waals surface area contributed by atoms with Crippen LogP contribution < -0.4 is 5.32 Å². The summed E-state index contributed by atoms with van der Waals surface area (Å²) in [6, 6.07) is 5.82. The number of hydrogen-bond donors (Lipinski definition) is 2. The quantitative estimate of drug-likeness (QED) is 0.661. The van der Waals surface area contributed by atoms with Crippen molar-refractivity contribution in [1.29, 1.82) is 0 Å². The van der Waals surface area contributed by atoms with Crippen LogP contribution in [0.5, 0.6) is 0 Å². The fourth-order valence-corrected chi connectivity index (χ4v) is 5.22. The van der Waals surface area contributed by atoms with Crippen molar-refractivity contribution < 1.29 is 14.7 Å². The number of carbonyl (C=O) groups excluding carboxylic acids is 1. The summed E-state index contributed by atoms with van der Waals surface area (Å²) < 4.78 is 0.930. The lowest BCUT2D eigenvalue weighted by molar-refractivity contribution is -0.146. The van der Waals surface area contributed by atoms with Crippen molar-refractivity contribution in [3.8, 4) is 11.1 Å². The SMILES string of the molecule is O=C(O)C1C2C=CC(C2)C1C(=O)Nc1nc2ccc(-c3cncnc3)cc2s1. The average Bonchev–Trinajstić information content (AvgIpc) is 3.41. The van der Waals surface area contributed by atoms with Crippen molar-refractivity contribution in [3.63, 3.8) is 0 Å². The predicted molar refractivity (Wildman–Crippen MR) is 105 cm³/mol. The van der Waals surface area contributed by atoms with Gasteiger partial charge >= 0.3 is 5.97 Å². The van der Waals surface area contributed by atoms with E-state index in [0.717, 1.165) is 27.8 Å². The van der Waals surface area contributed by atoms with Crippen LogP contribution in [0.2, 0.25) is 0 Å². The van der Waals surface area contributed by atoms with Crippen molar-refractivity contribution in [2.45, 2.75) is 6.42 Å². The molecule has 2 bridgehead atoms. The summed E-state index contributed by atoms with van der Waals surface area (Å²) in [6.45, 7) is 0. The number of nitrogens with zero attached hydrogens (tertiary/aromatic N) is 3. The van der Waals surface area contributed by atoms with Gasteiger partial charge in [-0.2, -0.15) is 0 Å². The summed E-state index contributed by atoms with van der Waals surface area (Å²) in [6.07, 6.45) is 9.61. The number of allylic oxidation sites excluding steroid dienone is 2. The van der Waals surface area contributed by atoms with Crippen LogP contribution in [0.4, 0.5) is 5.13 Å². The molecule has 0 spiro atoms. The molecule has 2 aliphatic rings. The van der Waals surface area contributed by atoms with Crippen LogP contribution >= 0.6 is 11.3 Å². The summed E-state index contributed by atoms with van der Waals surface area (Å²) in [7, 11) is 0. The lowest BCUT2D eigenvalue weighted by atomic mass is 9.82. The molecule has 2 aromatic heterocycles. The summed E-state index contributed by atoms with van der Waals surface area (Å²) in [5.74, 6) is -2.43. The molecule has 4 atom stereocenters. The molecule has 3 aromatic rings. The molecule has 5 rings (SSSR count). The standard InChI is InChI=1S/C20H16N4O3S/c25-18(16-11-1-2-12(5-11)17(16)19(26)27)24-20-23-14-4-3-10(6-15(14)28-20)13-7-21-9-22-8-13/h1-4,6-9,11-12,16-17H,5H2,(H,26,27)(H,23,24,25). The Morgan fingerprint density at radius 3 is 2.57 bits per heavy atom.